The van der Waals surface area contributed by atoms with E-state index in [-0.39, 0.29) is 17.6 Å². The summed E-state index contributed by atoms with van der Waals surface area (Å²) in [6.45, 7) is 2.97. The van der Waals surface area contributed by atoms with Gasteiger partial charge in [-0.1, -0.05) is 0 Å². The highest BCUT2D eigenvalue weighted by atomic mass is 19.1. The summed E-state index contributed by atoms with van der Waals surface area (Å²) in [5.41, 5.74) is 2.94. The predicted molar refractivity (Wildman–Crippen MR) is 87.1 cm³/mol. The molecule has 0 radical (unpaired) electrons. The van der Waals surface area contributed by atoms with Crippen LogP contribution in [0, 0.1) is 11.7 Å². The molecule has 1 saturated heterocycles. The lowest BCUT2D eigenvalue weighted by atomic mass is 9.88. The normalized spacial score (nSPS) is 20.8. The van der Waals surface area contributed by atoms with Crippen LogP contribution in [0.1, 0.15) is 17.8 Å². The zero-order valence-corrected chi connectivity index (χ0v) is 13.4. The zero-order chi connectivity index (χ0) is 16.5. The Kier molecular flexibility index (Phi) is 3.92. The average molecular weight is 329 g/mol. The number of aromatic amines is 1. The SMILES string of the molecule is O=C(C1CCc2n[nH]nc2C1)N1CCN(c2ccc(F)cc2)CC1. The number of rotatable bonds is 2. The van der Waals surface area contributed by atoms with Crippen molar-refractivity contribution in [2.24, 2.45) is 5.92 Å². The van der Waals surface area contributed by atoms with Crippen molar-refractivity contribution in [2.75, 3.05) is 31.1 Å². The molecule has 1 aromatic heterocycles. The highest BCUT2D eigenvalue weighted by Gasteiger charge is 2.31. The van der Waals surface area contributed by atoms with Crippen molar-refractivity contribution in [2.45, 2.75) is 19.3 Å². The molecule has 1 N–H and O–H groups in total. The number of amides is 1. The van der Waals surface area contributed by atoms with E-state index < -0.39 is 0 Å². The van der Waals surface area contributed by atoms with Crippen LogP contribution < -0.4 is 4.90 Å². The molecule has 1 aliphatic carbocycles. The molecule has 0 bridgehead atoms. The van der Waals surface area contributed by atoms with Crippen molar-refractivity contribution in [3.63, 3.8) is 0 Å². The Morgan fingerprint density at radius 2 is 1.79 bits per heavy atom. The second-order valence-corrected chi connectivity index (χ2v) is 6.45. The van der Waals surface area contributed by atoms with Crippen molar-refractivity contribution < 1.29 is 9.18 Å². The van der Waals surface area contributed by atoms with Gasteiger partial charge in [-0.25, -0.2) is 4.39 Å². The largest absolute Gasteiger partial charge is 0.368 e. The van der Waals surface area contributed by atoms with Gasteiger partial charge in [-0.3, -0.25) is 4.79 Å². The monoisotopic (exact) mass is 329 g/mol. The molecule has 1 atom stereocenters. The quantitative estimate of drug-likeness (QED) is 0.904. The molecule has 6 nitrogen and oxygen atoms in total. The van der Waals surface area contributed by atoms with Gasteiger partial charge in [0.25, 0.3) is 0 Å². The van der Waals surface area contributed by atoms with Crippen LogP contribution in [0.5, 0.6) is 0 Å². The molecule has 24 heavy (non-hydrogen) atoms. The van der Waals surface area contributed by atoms with Gasteiger partial charge in [0.05, 0.1) is 11.4 Å². The summed E-state index contributed by atoms with van der Waals surface area (Å²) in [6, 6.07) is 6.54. The molecule has 4 rings (SSSR count). The molecule has 1 amide bonds. The fourth-order valence-electron chi connectivity index (χ4n) is 3.59. The van der Waals surface area contributed by atoms with Crippen molar-refractivity contribution in [3.8, 4) is 0 Å². The van der Waals surface area contributed by atoms with Crippen LogP contribution in [-0.4, -0.2) is 52.4 Å². The summed E-state index contributed by atoms with van der Waals surface area (Å²) in [6.07, 6.45) is 2.34. The van der Waals surface area contributed by atoms with E-state index in [4.69, 9.17) is 0 Å². The van der Waals surface area contributed by atoms with Gasteiger partial charge < -0.3 is 9.80 Å². The van der Waals surface area contributed by atoms with Crippen molar-refractivity contribution >= 4 is 11.6 Å². The third-order valence-electron chi connectivity index (χ3n) is 5.00. The van der Waals surface area contributed by atoms with E-state index in [1.54, 1.807) is 12.1 Å². The first-order chi connectivity index (χ1) is 11.7. The van der Waals surface area contributed by atoms with Crippen molar-refractivity contribution in [3.05, 3.63) is 41.5 Å². The van der Waals surface area contributed by atoms with Crippen LogP contribution in [0.2, 0.25) is 0 Å². The topological polar surface area (TPSA) is 65.1 Å². The number of piperazine rings is 1. The molecular weight excluding hydrogens is 309 g/mol. The second-order valence-electron chi connectivity index (χ2n) is 6.45. The summed E-state index contributed by atoms with van der Waals surface area (Å²) in [5, 5.41) is 10.9. The van der Waals surface area contributed by atoms with Crippen LogP contribution in [-0.2, 0) is 17.6 Å². The van der Waals surface area contributed by atoms with Crippen LogP contribution in [0.3, 0.4) is 0 Å². The van der Waals surface area contributed by atoms with Crippen LogP contribution in [0.15, 0.2) is 24.3 Å². The fourth-order valence-corrected chi connectivity index (χ4v) is 3.59. The number of hydrogen-bond acceptors (Lipinski definition) is 4. The summed E-state index contributed by atoms with van der Waals surface area (Å²) in [4.78, 5) is 16.9. The molecule has 1 aliphatic heterocycles. The minimum absolute atomic E-state index is 0.0139. The van der Waals surface area contributed by atoms with Gasteiger partial charge in [0.1, 0.15) is 5.82 Å². The first-order valence-corrected chi connectivity index (χ1v) is 8.38. The molecule has 0 saturated carbocycles. The van der Waals surface area contributed by atoms with E-state index in [1.165, 1.54) is 12.1 Å². The van der Waals surface area contributed by atoms with Gasteiger partial charge in [-0.05, 0) is 37.1 Å². The number of carbonyl (C=O) groups is 1. The van der Waals surface area contributed by atoms with Crippen molar-refractivity contribution in [1.82, 2.24) is 20.3 Å². The molecule has 1 aromatic carbocycles. The lowest BCUT2D eigenvalue weighted by molar-refractivity contribution is -0.136. The molecular formula is C17H20FN5O. The van der Waals surface area contributed by atoms with E-state index in [0.717, 1.165) is 43.0 Å². The van der Waals surface area contributed by atoms with E-state index in [2.05, 4.69) is 20.3 Å². The Morgan fingerprint density at radius 3 is 2.54 bits per heavy atom. The number of hydrogen-bond donors (Lipinski definition) is 1. The number of anilines is 1. The maximum atomic E-state index is 13.0. The minimum Gasteiger partial charge on any atom is -0.368 e. The van der Waals surface area contributed by atoms with Gasteiger partial charge in [-0.2, -0.15) is 15.4 Å². The number of nitrogens with one attached hydrogen (secondary N) is 1. The smallest absolute Gasteiger partial charge is 0.226 e. The van der Waals surface area contributed by atoms with E-state index >= 15 is 0 Å². The minimum atomic E-state index is -0.225. The molecule has 1 fully saturated rings. The molecule has 126 valence electrons. The molecule has 0 spiro atoms. The number of H-pyrrole nitrogens is 1. The number of aryl methyl sites for hydroxylation is 1. The Hall–Kier alpha value is -2.44. The molecule has 2 aliphatic rings. The number of carbonyl (C=O) groups excluding carboxylic acids is 1. The highest BCUT2D eigenvalue weighted by Crippen LogP contribution is 2.25. The lowest BCUT2D eigenvalue weighted by Gasteiger charge is -2.38. The van der Waals surface area contributed by atoms with Gasteiger partial charge in [0, 0.05) is 44.2 Å². The van der Waals surface area contributed by atoms with Gasteiger partial charge >= 0.3 is 0 Å². The molecule has 7 heteroatoms. The van der Waals surface area contributed by atoms with E-state index in [0.29, 0.717) is 19.5 Å². The van der Waals surface area contributed by atoms with Crippen molar-refractivity contribution in [1.29, 1.82) is 0 Å². The van der Waals surface area contributed by atoms with E-state index in [1.807, 2.05) is 4.90 Å². The summed E-state index contributed by atoms with van der Waals surface area (Å²) in [5.74, 6) is 0.0134. The van der Waals surface area contributed by atoms with Gasteiger partial charge in [-0.15, -0.1) is 0 Å². The fraction of sp³-hybridized carbons (Fsp3) is 0.471. The number of nitrogens with zero attached hydrogens (tertiary/aromatic N) is 4. The third kappa shape index (κ3) is 2.86. The highest BCUT2D eigenvalue weighted by molar-refractivity contribution is 5.79. The van der Waals surface area contributed by atoms with Gasteiger partial charge in [0.2, 0.25) is 5.91 Å². The number of fused-ring (bicyclic) bond motifs is 1. The Morgan fingerprint density at radius 1 is 1.08 bits per heavy atom. The standard InChI is InChI=1S/C17H20FN5O/c18-13-2-4-14(5-3-13)22-7-9-23(10-8-22)17(24)12-1-6-15-16(11-12)20-21-19-15/h2-5,12H,1,6-11H2,(H,19,20,21). The second kappa shape index (κ2) is 6.22. The first-order valence-electron chi connectivity index (χ1n) is 8.38. The number of halogens is 1. The number of benzene rings is 1. The summed E-state index contributed by atoms with van der Waals surface area (Å²) in [7, 11) is 0. The Balaban J connectivity index is 1.36. The number of aromatic nitrogens is 3. The summed E-state index contributed by atoms with van der Waals surface area (Å²) < 4.78 is 13.0. The first kappa shape index (κ1) is 15.1. The van der Waals surface area contributed by atoms with Crippen LogP contribution >= 0.6 is 0 Å². The predicted octanol–water partition coefficient (Wildman–Crippen LogP) is 1.40. The molecule has 1 unspecified atom stereocenters. The van der Waals surface area contributed by atoms with E-state index in [9.17, 15) is 9.18 Å². The maximum Gasteiger partial charge on any atom is 0.226 e. The van der Waals surface area contributed by atoms with Crippen LogP contribution in [0.4, 0.5) is 10.1 Å². The molecule has 2 heterocycles. The maximum absolute atomic E-state index is 13.0. The Labute approximate surface area is 139 Å². The third-order valence-corrected chi connectivity index (χ3v) is 5.00. The zero-order valence-electron chi connectivity index (χ0n) is 13.4. The summed E-state index contributed by atoms with van der Waals surface area (Å²) >= 11 is 0. The molecule has 2 aromatic rings. The van der Waals surface area contributed by atoms with Gasteiger partial charge in [0.15, 0.2) is 0 Å². The average Bonchev–Trinajstić information content (AvgIpc) is 3.09. The van der Waals surface area contributed by atoms with Crippen LogP contribution in [0.25, 0.3) is 0 Å². The lowest BCUT2D eigenvalue weighted by Crippen LogP contribution is -2.51. The Bertz CT molecular complexity index is 721.